The highest BCUT2D eigenvalue weighted by Gasteiger charge is 2.40. The molecule has 4 nitrogen and oxygen atoms in total. The van der Waals surface area contributed by atoms with Crippen molar-refractivity contribution < 1.29 is 4.42 Å². The van der Waals surface area contributed by atoms with Gasteiger partial charge in [-0.3, -0.25) is 4.98 Å². The first kappa shape index (κ1) is 9.66. The Bertz CT molecular complexity index is 578. The Morgan fingerprint density at radius 1 is 1.44 bits per heavy atom. The summed E-state index contributed by atoms with van der Waals surface area (Å²) < 4.78 is 5.03. The maximum Gasteiger partial charge on any atom is 0.417 e. The second-order valence-electron chi connectivity index (χ2n) is 4.73. The van der Waals surface area contributed by atoms with Crippen molar-refractivity contribution in [3.05, 3.63) is 34.3 Å². The van der Waals surface area contributed by atoms with Gasteiger partial charge in [-0.15, -0.1) is 0 Å². The van der Waals surface area contributed by atoms with Crippen LogP contribution in [0.1, 0.15) is 18.4 Å². The Balaban J connectivity index is 1.95. The monoisotopic (exact) mass is 218 g/mol. The van der Waals surface area contributed by atoms with Gasteiger partial charge in [-0.1, -0.05) is 6.07 Å². The maximum absolute atomic E-state index is 11.0. The molecule has 0 atom stereocenters. The van der Waals surface area contributed by atoms with Crippen LogP contribution in [0.15, 0.2) is 27.4 Å². The lowest BCUT2D eigenvalue weighted by Gasteiger charge is -2.11. The summed E-state index contributed by atoms with van der Waals surface area (Å²) >= 11 is 0. The summed E-state index contributed by atoms with van der Waals surface area (Å²) in [5, 5.41) is 0. The van der Waals surface area contributed by atoms with E-state index in [-0.39, 0.29) is 0 Å². The minimum atomic E-state index is -0.396. The van der Waals surface area contributed by atoms with Crippen LogP contribution >= 0.6 is 0 Å². The quantitative estimate of drug-likeness (QED) is 0.818. The van der Waals surface area contributed by atoms with Crippen molar-refractivity contribution in [3.63, 3.8) is 0 Å². The van der Waals surface area contributed by atoms with E-state index in [1.807, 2.05) is 18.2 Å². The SMILES string of the molecule is NCC1(Cc2ccc3[nH]c(=O)oc3c2)CC1. The lowest BCUT2D eigenvalue weighted by molar-refractivity contribution is 0.519. The highest BCUT2D eigenvalue weighted by Crippen LogP contribution is 2.47. The molecule has 3 N–H and O–H groups in total. The van der Waals surface area contributed by atoms with Crippen LogP contribution in [0.4, 0.5) is 0 Å². The first-order valence-corrected chi connectivity index (χ1v) is 5.53. The molecule has 4 heteroatoms. The zero-order chi connectivity index (χ0) is 11.2. The van der Waals surface area contributed by atoms with E-state index >= 15 is 0 Å². The number of fused-ring (bicyclic) bond motifs is 1. The molecular weight excluding hydrogens is 204 g/mol. The zero-order valence-electron chi connectivity index (χ0n) is 8.95. The molecule has 0 unspecified atom stereocenters. The summed E-state index contributed by atoms with van der Waals surface area (Å²) in [6.45, 7) is 0.738. The Morgan fingerprint density at radius 3 is 2.94 bits per heavy atom. The summed E-state index contributed by atoms with van der Waals surface area (Å²) in [6.07, 6.45) is 3.39. The molecule has 1 fully saturated rings. The number of nitrogens with two attached hydrogens (primary N) is 1. The molecule has 0 spiro atoms. The predicted octanol–water partition coefficient (Wildman–Crippen LogP) is 1.40. The van der Waals surface area contributed by atoms with E-state index in [4.69, 9.17) is 10.2 Å². The molecule has 84 valence electrons. The number of rotatable bonds is 3. The molecule has 1 aromatic heterocycles. The fraction of sp³-hybridized carbons (Fsp3) is 0.417. The van der Waals surface area contributed by atoms with E-state index in [2.05, 4.69) is 4.98 Å². The van der Waals surface area contributed by atoms with Gasteiger partial charge in [0.2, 0.25) is 0 Å². The highest BCUT2D eigenvalue weighted by molar-refractivity contribution is 5.72. The first-order chi connectivity index (χ1) is 7.71. The minimum absolute atomic E-state index is 0.310. The zero-order valence-corrected chi connectivity index (χ0v) is 8.95. The van der Waals surface area contributed by atoms with Gasteiger partial charge in [0.05, 0.1) is 5.52 Å². The summed E-state index contributed by atoms with van der Waals surface area (Å²) in [4.78, 5) is 13.6. The predicted molar refractivity (Wildman–Crippen MR) is 61.3 cm³/mol. The van der Waals surface area contributed by atoms with Crippen LogP contribution in [0.3, 0.4) is 0 Å². The van der Waals surface area contributed by atoms with Crippen molar-refractivity contribution in [2.75, 3.05) is 6.54 Å². The number of benzene rings is 1. The van der Waals surface area contributed by atoms with E-state index in [0.717, 1.165) is 18.5 Å². The molecule has 1 heterocycles. The van der Waals surface area contributed by atoms with E-state index < -0.39 is 5.76 Å². The van der Waals surface area contributed by atoms with E-state index in [1.165, 1.54) is 18.4 Å². The fourth-order valence-corrected chi connectivity index (χ4v) is 2.16. The van der Waals surface area contributed by atoms with Gasteiger partial charge in [0, 0.05) is 0 Å². The van der Waals surface area contributed by atoms with Crippen LogP contribution in [0.2, 0.25) is 0 Å². The topological polar surface area (TPSA) is 72.0 Å². The molecule has 2 aromatic rings. The van der Waals surface area contributed by atoms with Crippen LogP contribution in [0.25, 0.3) is 11.1 Å². The normalized spacial score (nSPS) is 17.8. The van der Waals surface area contributed by atoms with Crippen LogP contribution < -0.4 is 11.5 Å². The summed E-state index contributed by atoms with van der Waals surface area (Å²) in [5.74, 6) is -0.396. The Hall–Kier alpha value is -1.55. The smallest absolute Gasteiger partial charge is 0.408 e. The summed E-state index contributed by atoms with van der Waals surface area (Å²) in [5.41, 5.74) is 8.65. The number of oxazole rings is 1. The number of hydrogen-bond acceptors (Lipinski definition) is 3. The number of hydrogen-bond donors (Lipinski definition) is 2. The average Bonchev–Trinajstić information content (AvgIpc) is 2.93. The highest BCUT2D eigenvalue weighted by atomic mass is 16.4. The number of aromatic amines is 1. The molecule has 0 bridgehead atoms. The van der Waals surface area contributed by atoms with Crippen LogP contribution in [0.5, 0.6) is 0 Å². The minimum Gasteiger partial charge on any atom is -0.408 e. The van der Waals surface area contributed by atoms with E-state index in [0.29, 0.717) is 11.0 Å². The summed E-state index contributed by atoms with van der Waals surface area (Å²) in [7, 11) is 0. The van der Waals surface area contributed by atoms with Crippen molar-refractivity contribution in [1.82, 2.24) is 4.98 Å². The van der Waals surface area contributed by atoms with Crippen molar-refractivity contribution in [2.24, 2.45) is 11.1 Å². The van der Waals surface area contributed by atoms with Gasteiger partial charge in [-0.05, 0) is 48.9 Å². The lowest BCUT2D eigenvalue weighted by Crippen LogP contribution is -2.17. The molecule has 1 aromatic carbocycles. The van der Waals surface area contributed by atoms with Crippen LogP contribution in [0, 0.1) is 5.41 Å². The standard InChI is InChI=1S/C12H14N2O2/c13-7-12(3-4-12)6-8-1-2-9-10(5-8)16-11(15)14-9/h1-2,5H,3-4,6-7,13H2,(H,14,15). The second kappa shape index (κ2) is 3.22. The van der Waals surface area contributed by atoms with Crippen molar-refractivity contribution in [2.45, 2.75) is 19.3 Å². The summed E-state index contributed by atoms with van der Waals surface area (Å²) in [6, 6.07) is 5.86. The first-order valence-electron chi connectivity index (χ1n) is 5.53. The Morgan fingerprint density at radius 2 is 2.25 bits per heavy atom. The number of nitrogens with one attached hydrogen (secondary N) is 1. The molecule has 16 heavy (non-hydrogen) atoms. The van der Waals surface area contributed by atoms with E-state index in [9.17, 15) is 4.79 Å². The van der Waals surface area contributed by atoms with Gasteiger partial charge >= 0.3 is 5.76 Å². The Labute approximate surface area is 92.4 Å². The van der Waals surface area contributed by atoms with Gasteiger partial charge in [-0.25, -0.2) is 4.79 Å². The Kier molecular flexibility index (Phi) is 1.94. The maximum atomic E-state index is 11.0. The number of H-pyrrole nitrogens is 1. The van der Waals surface area contributed by atoms with Gasteiger partial charge in [0.25, 0.3) is 0 Å². The second-order valence-corrected chi connectivity index (χ2v) is 4.73. The average molecular weight is 218 g/mol. The van der Waals surface area contributed by atoms with Crippen molar-refractivity contribution in [1.29, 1.82) is 0 Å². The number of aromatic nitrogens is 1. The third kappa shape index (κ3) is 1.55. The van der Waals surface area contributed by atoms with Crippen molar-refractivity contribution in [3.8, 4) is 0 Å². The van der Waals surface area contributed by atoms with Gasteiger partial charge in [0.1, 0.15) is 0 Å². The van der Waals surface area contributed by atoms with Crippen LogP contribution in [-0.4, -0.2) is 11.5 Å². The van der Waals surface area contributed by atoms with E-state index in [1.54, 1.807) is 0 Å². The molecule has 3 rings (SSSR count). The van der Waals surface area contributed by atoms with Gasteiger partial charge in [-0.2, -0.15) is 0 Å². The molecule has 1 aliphatic rings. The molecule has 1 aliphatic carbocycles. The third-order valence-electron chi connectivity index (χ3n) is 3.45. The fourth-order valence-electron chi connectivity index (χ4n) is 2.16. The van der Waals surface area contributed by atoms with Gasteiger partial charge in [0.15, 0.2) is 5.58 Å². The van der Waals surface area contributed by atoms with Gasteiger partial charge < -0.3 is 10.2 Å². The molecule has 0 amide bonds. The third-order valence-corrected chi connectivity index (χ3v) is 3.45. The van der Waals surface area contributed by atoms with Crippen LogP contribution in [-0.2, 0) is 6.42 Å². The molecule has 1 saturated carbocycles. The molecular formula is C12H14N2O2. The molecule has 0 saturated heterocycles. The lowest BCUT2D eigenvalue weighted by atomic mass is 9.96. The molecule has 0 aliphatic heterocycles. The largest absolute Gasteiger partial charge is 0.417 e. The molecule has 0 radical (unpaired) electrons. The van der Waals surface area contributed by atoms with Crippen molar-refractivity contribution >= 4 is 11.1 Å².